The van der Waals surface area contributed by atoms with Crippen molar-refractivity contribution in [1.29, 1.82) is 0 Å². The van der Waals surface area contributed by atoms with Crippen LogP contribution in [0, 0.1) is 6.92 Å². The van der Waals surface area contributed by atoms with Gasteiger partial charge in [0, 0.05) is 5.56 Å². The number of hydrogen-bond acceptors (Lipinski definition) is 6. The van der Waals surface area contributed by atoms with E-state index in [4.69, 9.17) is 4.74 Å². The molecule has 0 atom stereocenters. The van der Waals surface area contributed by atoms with Gasteiger partial charge in [0.25, 0.3) is 0 Å². The minimum Gasteiger partial charge on any atom is -0.456 e. The zero-order chi connectivity index (χ0) is 20.7. The maximum Gasteiger partial charge on any atom is 0.387 e. The Kier molecular flexibility index (Phi) is 7.18. The second-order valence-electron chi connectivity index (χ2n) is 5.62. The van der Waals surface area contributed by atoms with Crippen molar-refractivity contribution in [2.45, 2.75) is 18.4 Å². The first kappa shape index (κ1) is 21.5. The first-order valence-electron chi connectivity index (χ1n) is 7.97. The van der Waals surface area contributed by atoms with Crippen LogP contribution in [0.3, 0.4) is 0 Å². The van der Waals surface area contributed by atoms with E-state index in [0.717, 1.165) is 5.56 Å². The Hall–Kier alpha value is -2.85. The zero-order valence-corrected chi connectivity index (χ0v) is 15.5. The summed E-state index contributed by atoms with van der Waals surface area (Å²) in [5, 5.41) is 0. The van der Waals surface area contributed by atoms with E-state index in [-0.39, 0.29) is 16.2 Å². The predicted octanol–water partition coefficient (Wildman–Crippen LogP) is 2.30. The van der Waals surface area contributed by atoms with Gasteiger partial charge in [-0.1, -0.05) is 17.7 Å². The van der Waals surface area contributed by atoms with Gasteiger partial charge in [-0.25, -0.2) is 8.42 Å². The van der Waals surface area contributed by atoms with Crippen molar-refractivity contribution in [1.82, 2.24) is 4.72 Å². The van der Waals surface area contributed by atoms with Gasteiger partial charge in [0.15, 0.2) is 12.4 Å². The van der Waals surface area contributed by atoms with Crippen molar-refractivity contribution in [3.63, 3.8) is 0 Å². The van der Waals surface area contributed by atoms with Crippen LogP contribution in [-0.2, 0) is 19.6 Å². The molecule has 0 saturated heterocycles. The monoisotopic (exact) mass is 413 g/mol. The lowest BCUT2D eigenvalue weighted by Crippen LogP contribution is -2.31. The molecule has 2 aromatic carbocycles. The third-order valence-electron chi connectivity index (χ3n) is 3.50. The van der Waals surface area contributed by atoms with Crippen molar-refractivity contribution < 1.29 is 36.3 Å². The molecule has 0 radical (unpaired) electrons. The van der Waals surface area contributed by atoms with Gasteiger partial charge in [0.1, 0.15) is 12.3 Å². The minimum atomic E-state index is -3.89. The summed E-state index contributed by atoms with van der Waals surface area (Å²) in [5.41, 5.74) is 1.00. The largest absolute Gasteiger partial charge is 0.456 e. The molecule has 0 spiro atoms. The Bertz CT molecular complexity index is 928. The van der Waals surface area contributed by atoms with Gasteiger partial charge < -0.3 is 9.47 Å². The lowest BCUT2D eigenvalue weighted by molar-refractivity contribution is -0.141. The molecule has 2 rings (SSSR count). The number of alkyl halides is 2. The highest BCUT2D eigenvalue weighted by molar-refractivity contribution is 7.89. The molecule has 0 unspecified atom stereocenters. The highest BCUT2D eigenvalue weighted by atomic mass is 32.2. The van der Waals surface area contributed by atoms with Crippen LogP contribution in [0.15, 0.2) is 53.4 Å². The second-order valence-corrected chi connectivity index (χ2v) is 7.39. The number of aryl methyl sites for hydroxylation is 1. The Balaban J connectivity index is 1.83. The quantitative estimate of drug-likeness (QED) is 0.500. The molecular formula is C18H17F2NO6S. The Morgan fingerprint density at radius 3 is 2.21 bits per heavy atom. The summed E-state index contributed by atoms with van der Waals surface area (Å²) in [7, 11) is -3.89. The van der Waals surface area contributed by atoms with E-state index in [9.17, 15) is 26.8 Å². The molecule has 0 fully saturated rings. The first-order valence-corrected chi connectivity index (χ1v) is 9.46. The average molecular weight is 413 g/mol. The summed E-state index contributed by atoms with van der Waals surface area (Å²) in [6.07, 6.45) is 0. The predicted molar refractivity (Wildman–Crippen MR) is 94.7 cm³/mol. The van der Waals surface area contributed by atoms with Crippen LogP contribution in [0.5, 0.6) is 5.75 Å². The minimum absolute atomic E-state index is 0.00640. The number of ketones is 1. The van der Waals surface area contributed by atoms with E-state index < -0.39 is 41.5 Å². The van der Waals surface area contributed by atoms with Crippen LogP contribution in [0.4, 0.5) is 8.78 Å². The van der Waals surface area contributed by atoms with Gasteiger partial charge in [-0.3, -0.25) is 9.59 Å². The number of benzene rings is 2. The fraction of sp³-hybridized carbons (Fsp3) is 0.222. The molecule has 0 aliphatic rings. The summed E-state index contributed by atoms with van der Waals surface area (Å²) in [5.74, 6) is -1.64. The van der Waals surface area contributed by atoms with E-state index in [2.05, 4.69) is 9.46 Å². The summed E-state index contributed by atoms with van der Waals surface area (Å²) in [6, 6.07) is 10.9. The van der Waals surface area contributed by atoms with Crippen LogP contribution >= 0.6 is 0 Å². The number of esters is 1. The number of carbonyl (C=O) groups is 2. The Labute approximate surface area is 160 Å². The van der Waals surface area contributed by atoms with E-state index in [1.165, 1.54) is 36.4 Å². The molecule has 10 heteroatoms. The van der Waals surface area contributed by atoms with Gasteiger partial charge >= 0.3 is 12.6 Å². The molecule has 0 aliphatic heterocycles. The van der Waals surface area contributed by atoms with Gasteiger partial charge in [-0.05, 0) is 43.3 Å². The maximum atomic E-state index is 12.1. The fourth-order valence-corrected chi connectivity index (χ4v) is 3.03. The fourth-order valence-electron chi connectivity index (χ4n) is 2.06. The summed E-state index contributed by atoms with van der Waals surface area (Å²) in [6.45, 7) is -2.45. The number of halogens is 2. The summed E-state index contributed by atoms with van der Waals surface area (Å²) >= 11 is 0. The molecular weight excluding hydrogens is 396 g/mol. The number of hydrogen-bond donors (Lipinski definition) is 1. The Morgan fingerprint density at radius 2 is 1.64 bits per heavy atom. The maximum absolute atomic E-state index is 12.1. The molecule has 2 aromatic rings. The number of carbonyl (C=O) groups excluding carboxylic acids is 2. The van der Waals surface area contributed by atoms with Crippen LogP contribution in [0.25, 0.3) is 0 Å². The molecule has 0 heterocycles. The molecule has 0 aliphatic carbocycles. The van der Waals surface area contributed by atoms with E-state index in [1.54, 1.807) is 19.1 Å². The van der Waals surface area contributed by atoms with E-state index in [0.29, 0.717) is 0 Å². The second kappa shape index (κ2) is 9.38. The van der Waals surface area contributed by atoms with Crippen molar-refractivity contribution in [3.05, 3.63) is 59.7 Å². The zero-order valence-electron chi connectivity index (χ0n) is 14.7. The number of rotatable bonds is 9. The molecule has 7 nitrogen and oxygen atoms in total. The Morgan fingerprint density at radius 1 is 1.04 bits per heavy atom. The highest BCUT2D eigenvalue weighted by Crippen LogP contribution is 2.15. The normalized spacial score (nSPS) is 11.3. The third kappa shape index (κ3) is 6.39. The molecule has 150 valence electrons. The van der Waals surface area contributed by atoms with Crippen LogP contribution in [-0.4, -0.2) is 39.9 Å². The molecule has 0 aromatic heterocycles. The molecule has 28 heavy (non-hydrogen) atoms. The van der Waals surface area contributed by atoms with Crippen molar-refractivity contribution in [2.24, 2.45) is 0 Å². The number of sulfonamides is 1. The van der Waals surface area contributed by atoms with Gasteiger partial charge in [0.05, 0.1) is 4.90 Å². The molecule has 0 bridgehead atoms. The number of Topliss-reactive ketones (excluding diaryl/α,β-unsaturated/α-hetero) is 1. The number of ether oxygens (including phenoxy) is 2. The van der Waals surface area contributed by atoms with Crippen LogP contribution < -0.4 is 9.46 Å². The molecule has 1 N–H and O–H groups in total. The van der Waals surface area contributed by atoms with Crippen molar-refractivity contribution in [2.75, 3.05) is 13.2 Å². The van der Waals surface area contributed by atoms with Crippen LogP contribution in [0.1, 0.15) is 15.9 Å². The summed E-state index contributed by atoms with van der Waals surface area (Å²) in [4.78, 5) is 23.6. The first-order chi connectivity index (χ1) is 13.2. The topological polar surface area (TPSA) is 98.8 Å². The van der Waals surface area contributed by atoms with E-state index >= 15 is 0 Å². The summed E-state index contributed by atoms with van der Waals surface area (Å²) < 4.78 is 59.3. The lowest BCUT2D eigenvalue weighted by atomic mass is 10.1. The standard InChI is InChI=1S/C18H17F2NO6S/c1-12-2-8-15(9-3-12)28(24,25)21-10-17(23)26-11-16(22)13-4-6-14(7-5-13)27-18(19)20/h2-9,18,21H,10-11H2,1H3. The smallest absolute Gasteiger partial charge is 0.387 e. The number of nitrogens with one attached hydrogen (secondary N) is 1. The lowest BCUT2D eigenvalue weighted by Gasteiger charge is -2.08. The van der Waals surface area contributed by atoms with Gasteiger partial charge in [-0.15, -0.1) is 0 Å². The van der Waals surface area contributed by atoms with Gasteiger partial charge in [-0.2, -0.15) is 13.5 Å². The molecule has 0 amide bonds. The third-order valence-corrected chi connectivity index (χ3v) is 4.92. The average Bonchev–Trinajstić information content (AvgIpc) is 2.65. The van der Waals surface area contributed by atoms with E-state index in [1.807, 2.05) is 0 Å². The van der Waals surface area contributed by atoms with Crippen molar-refractivity contribution >= 4 is 21.8 Å². The van der Waals surface area contributed by atoms with Crippen LogP contribution in [0.2, 0.25) is 0 Å². The molecule has 0 saturated carbocycles. The highest BCUT2D eigenvalue weighted by Gasteiger charge is 2.17. The van der Waals surface area contributed by atoms with Crippen molar-refractivity contribution in [3.8, 4) is 5.75 Å². The SMILES string of the molecule is Cc1ccc(S(=O)(=O)NCC(=O)OCC(=O)c2ccc(OC(F)F)cc2)cc1. The van der Waals surface area contributed by atoms with Gasteiger partial charge in [0.2, 0.25) is 10.0 Å².